The van der Waals surface area contributed by atoms with Crippen LogP contribution in [-0.4, -0.2) is 48.5 Å². The highest BCUT2D eigenvalue weighted by Crippen LogP contribution is 2.43. The molecule has 1 aromatic carbocycles. The Hall–Kier alpha value is -2.57. The van der Waals surface area contributed by atoms with Crippen molar-refractivity contribution < 1.29 is 9.59 Å². The molecule has 1 aliphatic carbocycles. The molecule has 132 valence electrons. The van der Waals surface area contributed by atoms with Crippen molar-refractivity contribution in [1.29, 1.82) is 0 Å². The SMILES string of the molecule is CN1CCN=C1NCc1cccc(N2C(=O)NC(C)(C3CC3)C2=O)c1. The van der Waals surface area contributed by atoms with Gasteiger partial charge < -0.3 is 15.5 Å². The van der Waals surface area contributed by atoms with E-state index in [0.29, 0.717) is 12.2 Å². The number of amides is 3. The average molecular weight is 341 g/mol. The molecule has 0 spiro atoms. The van der Waals surface area contributed by atoms with Crippen LogP contribution in [0.4, 0.5) is 10.5 Å². The van der Waals surface area contributed by atoms with Crippen molar-refractivity contribution in [2.24, 2.45) is 10.9 Å². The number of aliphatic imine (C=N–C) groups is 1. The van der Waals surface area contributed by atoms with Gasteiger partial charge in [0.05, 0.1) is 12.2 Å². The number of likely N-dealkylation sites (N-methyl/N-ethyl adjacent to an activating group) is 1. The second-order valence-electron chi connectivity index (χ2n) is 7.20. The van der Waals surface area contributed by atoms with E-state index in [9.17, 15) is 9.59 Å². The van der Waals surface area contributed by atoms with Crippen LogP contribution in [-0.2, 0) is 11.3 Å². The normalized spacial score (nSPS) is 26.1. The summed E-state index contributed by atoms with van der Waals surface area (Å²) in [5, 5.41) is 6.19. The fourth-order valence-corrected chi connectivity index (χ4v) is 3.54. The van der Waals surface area contributed by atoms with E-state index in [-0.39, 0.29) is 17.9 Å². The van der Waals surface area contributed by atoms with Gasteiger partial charge >= 0.3 is 6.03 Å². The summed E-state index contributed by atoms with van der Waals surface area (Å²) >= 11 is 0. The molecule has 2 fully saturated rings. The predicted octanol–water partition coefficient (Wildman–Crippen LogP) is 1.30. The zero-order valence-corrected chi connectivity index (χ0v) is 14.6. The van der Waals surface area contributed by atoms with Gasteiger partial charge in [-0.15, -0.1) is 0 Å². The minimum Gasteiger partial charge on any atom is -0.352 e. The second-order valence-corrected chi connectivity index (χ2v) is 7.20. The van der Waals surface area contributed by atoms with Crippen molar-refractivity contribution in [2.45, 2.75) is 31.8 Å². The third-order valence-corrected chi connectivity index (χ3v) is 5.29. The summed E-state index contributed by atoms with van der Waals surface area (Å²) in [5.74, 6) is 0.987. The second kappa shape index (κ2) is 5.75. The molecule has 7 heteroatoms. The number of rotatable bonds is 4. The number of nitrogens with zero attached hydrogens (tertiary/aromatic N) is 3. The van der Waals surface area contributed by atoms with Gasteiger partial charge in [0, 0.05) is 20.1 Å². The third-order valence-electron chi connectivity index (χ3n) is 5.29. The molecule has 1 unspecified atom stereocenters. The van der Waals surface area contributed by atoms with Gasteiger partial charge in [-0.05, 0) is 43.4 Å². The summed E-state index contributed by atoms with van der Waals surface area (Å²) in [4.78, 5) is 33.0. The Kier molecular flexibility index (Phi) is 3.67. The van der Waals surface area contributed by atoms with Crippen LogP contribution in [0.25, 0.3) is 0 Å². The molecule has 7 nitrogen and oxygen atoms in total. The maximum atomic E-state index is 12.8. The molecule has 3 amide bonds. The zero-order valence-electron chi connectivity index (χ0n) is 14.6. The molecule has 2 aliphatic heterocycles. The van der Waals surface area contributed by atoms with Gasteiger partial charge in [0.2, 0.25) is 0 Å². The van der Waals surface area contributed by atoms with Gasteiger partial charge in [0.25, 0.3) is 5.91 Å². The quantitative estimate of drug-likeness (QED) is 0.810. The highest BCUT2D eigenvalue weighted by atomic mass is 16.2. The topological polar surface area (TPSA) is 77.0 Å². The molecule has 0 aromatic heterocycles. The Morgan fingerprint density at radius 3 is 2.84 bits per heavy atom. The molecular formula is C18H23N5O2. The fraction of sp³-hybridized carbons (Fsp3) is 0.500. The number of hydrogen-bond acceptors (Lipinski definition) is 5. The molecule has 3 aliphatic rings. The number of guanidine groups is 1. The van der Waals surface area contributed by atoms with Crippen LogP contribution in [0, 0.1) is 5.92 Å². The summed E-state index contributed by atoms with van der Waals surface area (Å²) in [5.41, 5.74) is 0.862. The van der Waals surface area contributed by atoms with Crippen LogP contribution in [0.3, 0.4) is 0 Å². The van der Waals surface area contributed by atoms with E-state index in [1.165, 1.54) is 4.90 Å². The first-order valence-corrected chi connectivity index (χ1v) is 8.74. The van der Waals surface area contributed by atoms with E-state index in [4.69, 9.17) is 0 Å². The lowest BCUT2D eigenvalue weighted by atomic mass is 9.96. The van der Waals surface area contributed by atoms with Gasteiger partial charge in [-0.25, -0.2) is 9.69 Å². The number of benzene rings is 1. The molecule has 2 N–H and O–H groups in total. The molecule has 0 bridgehead atoms. The molecule has 2 heterocycles. The van der Waals surface area contributed by atoms with Crippen molar-refractivity contribution >= 4 is 23.6 Å². The van der Waals surface area contributed by atoms with Crippen LogP contribution in [0.2, 0.25) is 0 Å². The lowest BCUT2D eigenvalue weighted by Gasteiger charge is -2.21. The lowest BCUT2D eigenvalue weighted by molar-refractivity contribution is -0.122. The Labute approximate surface area is 147 Å². The highest BCUT2D eigenvalue weighted by Gasteiger charge is 2.56. The Bertz CT molecular complexity index is 758. The number of hydrogen-bond donors (Lipinski definition) is 2. The first kappa shape index (κ1) is 15.9. The van der Waals surface area contributed by atoms with Crippen LogP contribution in [0.5, 0.6) is 0 Å². The molecule has 25 heavy (non-hydrogen) atoms. The maximum absolute atomic E-state index is 12.8. The first-order chi connectivity index (χ1) is 12.0. The van der Waals surface area contributed by atoms with Gasteiger partial charge in [-0.2, -0.15) is 0 Å². The molecule has 1 saturated heterocycles. The number of imide groups is 1. The van der Waals surface area contributed by atoms with E-state index in [1.54, 1.807) is 6.07 Å². The smallest absolute Gasteiger partial charge is 0.329 e. The van der Waals surface area contributed by atoms with Crippen molar-refractivity contribution in [3.8, 4) is 0 Å². The monoisotopic (exact) mass is 341 g/mol. The van der Waals surface area contributed by atoms with E-state index in [0.717, 1.165) is 37.5 Å². The number of anilines is 1. The third kappa shape index (κ3) is 2.73. The molecule has 1 aromatic rings. The molecule has 1 saturated carbocycles. The number of carbonyl (C=O) groups is 2. The predicted molar refractivity (Wildman–Crippen MR) is 95.4 cm³/mol. The molecular weight excluding hydrogens is 318 g/mol. The van der Waals surface area contributed by atoms with E-state index < -0.39 is 5.54 Å². The summed E-state index contributed by atoms with van der Waals surface area (Å²) in [7, 11) is 2.00. The largest absolute Gasteiger partial charge is 0.352 e. The average Bonchev–Trinajstić information content (AvgIpc) is 3.32. The summed E-state index contributed by atoms with van der Waals surface area (Å²) in [6, 6.07) is 7.21. The van der Waals surface area contributed by atoms with Crippen molar-refractivity contribution in [2.75, 3.05) is 25.0 Å². The minimum absolute atomic E-state index is 0.148. The van der Waals surface area contributed by atoms with Crippen LogP contribution in [0.1, 0.15) is 25.3 Å². The van der Waals surface area contributed by atoms with E-state index in [2.05, 4.69) is 20.5 Å². The summed E-state index contributed by atoms with van der Waals surface area (Å²) in [6.45, 7) is 4.16. The zero-order chi connectivity index (χ0) is 17.6. The standard InChI is InChI=1S/C18H23N5O2/c1-18(13-6-7-13)15(24)23(17(25)21-18)14-5-3-4-12(10-14)11-20-16-19-8-9-22(16)2/h3-5,10,13H,6-9,11H2,1-2H3,(H,19,20)(H,21,25). The lowest BCUT2D eigenvalue weighted by Crippen LogP contribution is -2.46. The summed E-state index contributed by atoms with van der Waals surface area (Å²) < 4.78 is 0. The molecule has 1 atom stereocenters. The van der Waals surface area contributed by atoms with E-state index >= 15 is 0 Å². The molecule has 4 rings (SSSR count). The van der Waals surface area contributed by atoms with Gasteiger partial charge in [0.15, 0.2) is 5.96 Å². The maximum Gasteiger partial charge on any atom is 0.329 e. The van der Waals surface area contributed by atoms with Gasteiger partial charge in [0.1, 0.15) is 5.54 Å². The number of nitrogens with one attached hydrogen (secondary N) is 2. The highest BCUT2D eigenvalue weighted by molar-refractivity contribution is 6.23. The summed E-state index contributed by atoms with van der Waals surface area (Å²) in [6.07, 6.45) is 1.99. The fourth-order valence-electron chi connectivity index (χ4n) is 3.54. The Morgan fingerprint density at radius 1 is 1.36 bits per heavy atom. The number of urea groups is 1. The van der Waals surface area contributed by atoms with Crippen LogP contribution >= 0.6 is 0 Å². The van der Waals surface area contributed by atoms with Crippen molar-refractivity contribution in [3.63, 3.8) is 0 Å². The van der Waals surface area contributed by atoms with Crippen molar-refractivity contribution in [1.82, 2.24) is 15.5 Å². The van der Waals surface area contributed by atoms with E-state index in [1.807, 2.05) is 32.2 Å². The Morgan fingerprint density at radius 2 is 2.16 bits per heavy atom. The van der Waals surface area contributed by atoms with Gasteiger partial charge in [-0.1, -0.05) is 12.1 Å². The van der Waals surface area contributed by atoms with Crippen molar-refractivity contribution in [3.05, 3.63) is 29.8 Å². The number of carbonyl (C=O) groups excluding carboxylic acids is 2. The minimum atomic E-state index is -0.757. The van der Waals surface area contributed by atoms with Crippen LogP contribution < -0.4 is 15.5 Å². The van der Waals surface area contributed by atoms with Gasteiger partial charge in [-0.3, -0.25) is 9.79 Å². The first-order valence-electron chi connectivity index (χ1n) is 8.74. The molecule has 0 radical (unpaired) electrons. The van der Waals surface area contributed by atoms with Crippen LogP contribution in [0.15, 0.2) is 29.3 Å². The Balaban J connectivity index is 1.51.